The van der Waals surface area contributed by atoms with E-state index in [4.69, 9.17) is 4.74 Å². The number of alkyl halides is 2. The monoisotopic (exact) mass is 505 g/mol. The Kier molecular flexibility index (Phi) is 6.35. The summed E-state index contributed by atoms with van der Waals surface area (Å²) < 4.78 is 36.3. The number of ether oxygens (including phenoxy) is 1. The first kappa shape index (κ1) is 25.1. The van der Waals surface area contributed by atoms with Crippen molar-refractivity contribution in [3.8, 4) is 17.2 Å². The molecule has 1 N–H and O–H groups in total. The summed E-state index contributed by atoms with van der Waals surface area (Å²) in [7, 11) is 0. The van der Waals surface area contributed by atoms with Gasteiger partial charge in [0.25, 0.3) is 5.92 Å². The van der Waals surface area contributed by atoms with Gasteiger partial charge in [0, 0.05) is 41.6 Å². The first-order chi connectivity index (χ1) is 17.7. The fourth-order valence-electron chi connectivity index (χ4n) is 6.02. The van der Waals surface area contributed by atoms with Gasteiger partial charge in [-0.25, -0.2) is 8.78 Å². The Balaban J connectivity index is 1.46. The van der Waals surface area contributed by atoms with E-state index in [9.17, 15) is 14.9 Å². The van der Waals surface area contributed by atoms with Crippen LogP contribution in [0.25, 0.3) is 17.2 Å². The number of hydrogen-bond acceptors (Lipinski definition) is 5. The SMILES string of the molecule is C[C@H]1OC(=O)[C@]2(C(=O)NC3CCC3)CC(F)(F)[C@@H](C)[C@H](/C=C/c3ccc(-c4ccccc4C#N)cn3)[C@H]12. The van der Waals surface area contributed by atoms with Crippen LogP contribution in [0.3, 0.4) is 0 Å². The molecule has 1 aromatic heterocycles. The van der Waals surface area contributed by atoms with Gasteiger partial charge < -0.3 is 10.1 Å². The number of carbonyl (C=O) groups is 2. The van der Waals surface area contributed by atoms with Crippen LogP contribution in [0.4, 0.5) is 8.78 Å². The highest BCUT2D eigenvalue weighted by Crippen LogP contribution is 2.59. The fraction of sp³-hybridized carbons (Fsp3) is 0.448. The molecule has 2 aliphatic carbocycles. The molecule has 1 aliphatic heterocycles. The molecule has 37 heavy (non-hydrogen) atoms. The lowest BCUT2D eigenvalue weighted by Gasteiger charge is -2.47. The predicted molar refractivity (Wildman–Crippen MR) is 133 cm³/mol. The Hall–Kier alpha value is -3.60. The first-order valence-electron chi connectivity index (χ1n) is 12.7. The van der Waals surface area contributed by atoms with Crippen molar-refractivity contribution >= 4 is 18.0 Å². The van der Waals surface area contributed by atoms with E-state index in [1.54, 1.807) is 43.5 Å². The Morgan fingerprint density at radius 2 is 1.97 bits per heavy atom. The van der Waals surface area contributed by atoms with E-state index < -0.39 is 53.5 Å². The van der Waals surface area contributed by atoms with E-state index >= 15 is 8.78 Å². The number of benzene rings is 1. The van der Waals surface area contributed by atoms with Crippen molar-refractivity contribution in [3.63, 3.8) is 0 Å². The van der Waals surface area contributed by atoms with E-state index in [0.717, 1.165) is 30.4 Å². The van der Waals surface area contributed by atoms with Crippen LogP contribution in [-0.2, 0) is 14.3 Å². The molecule has 1 amide bonds. The number of hydrogen-bond donors (Lipinski definition) is 1. The number of nitrogens with one attached hydrogen (secondary N) is 1. The molecule has 5 atom stereocenters. The van der Waals surface area contributed by atoms with E-state index in [2.05, 4.69) is 16.4 Å². The number of pyridine rings is 1. The molecule has 2 saturated carbocycles. The highest BCUT2D eigenvalue weighted by Gasteiger charge is 2.71. The molecular weight excluding hydrogens is 476 g/mol. The minimum Gasteiger partial charge on any atom is -0.461 e. The summed E-state index contributed by atoms with van der Waals surface area (Å²) in [5.41, 5.74) is 0.676. The Bertz CT molecular complexity index is 1280. The number of aromatic nitrogens is 1. The molecule has 0 bridgehead atoms. The lowest BCUT2D eigenvalue weighted by molar-refractivity contribution is -0.179. The van der Waals surface area contributed by atoms with Gasteiger partial charge >= 0.3 is 5.97 Å². The number of amides is 1. The zero-order valence-corrected chi connectivity index (χ0v) is 20.8. The summed E-state index contributed by atoms with van der Waals surface area (Å²) in [5.74, 6) is -7.32. The molecule has 1 saturated heterocycles. The smallest absolute Gasteiger partial charge is 0.322 e. The minimum absolute atomic E-state index is 0.0814. The number of carbonyl (C=O) groups excluding carboxylic acids is 2. The van der Waals surface area contributed by atoms with Gasteiger partial charge in [0.05, 0.1) is 17.3 Å². The molecule has 1 aromatic carbocycles. The molecule has 0 unspecified atom stereocenters. The summed E-state index contributed by atoms with van der Waals surface area (Å²) >= 11 is 0. The number of nitriles is 1. The van der Waals surface area contributed by atoms with Gasteiger partial charge in [-0.3, -0.25) is 14.6 Å². The number of cyclic esters (lactones) is 1. The normalized spacial score (nSPS) is 30.7. The van der Waals surface area contributed by atoms with Gasteiger partial charge in [-0.1, -0.05) is 37.3 Å². The zero-order valence-electron chi connectivity index (χ0n) is 20.8. The molecule has 6 nitrogen and oxygen atoms in total. The van der Waals surface area contributed by atoms with Crippen LogP contribution in [0.15, 0.2) is 48.7 Å². The second kappa shape index (κ2) is 9.37. The van der Waals surface area contributed by atoms with Gasteiger partial charge in [0.15, 0.2) is 5.41 Å². The summed E-state index contributed by atoms with van der Waals surface area (Å²) in [6.45, 7) is 3.14. The molecule has 2 heterocycles. The summed E-state index contributed by atoms with van der Waals surface area (Å²) in [4.78, 5) is 30.9. The Morgan fingerprint density at radius 1 is 1.22 bits per heavy atom. The van der Waals surface area contributed by atoms with Gasteiger partial charge in [0.1, 0.15) is 6.10 Å². The van der Waals surface area contributed by atoms with Crippen LogP contribution in [0.1, 0.15) is 50.8 Å². The number of halogens is 2. The largest absolute Gasteiger partial charge is 0.461 e. The van der Waals surface area contributed by atoms with Crippen LogP contribution in [0.2, 0.25) is 0 Å². The Morgan fingerprint density at radius 3 is 2.62 bits per heavy atom. The maximum absolute atomic E-state index is 15.4. The van der Waals surface area contributed by atoms with E-state index in [-0.39, 0.29) is 6.04 Å². The first-order valence-corrected chi connectivity index (χ1v) is 12.7. The van der Waals surface area contributed by atoms with Crippen molar-refractivity contribution in [3.05, 3.63) is 59.9 Å². The molecule has 2 aromatic rings. The maximum atomic E-state index is 15.4. The van der Waals surface area contributed by atoms with E-state index in [1.807, 2.05) is 18.2 Å². The molecular formula is C29H29F2N3O3. The lowest BCUT2D eigenvalue weighted by atomic mass is 9.56. The van der Waals surface area contributed by atoms with Crippen molar-refractivity contribution in [1.29, 1.82) is 5.26 Å². The van der Waals surface area contributed by atoms with Crippen LogP contribution < -0.4 is 5.32 Å². The zero-order chi connectivity index (χ0) is 26.4. The third kappa shape index (κ3) is 4.20. The average Bonchev–Trinajstić information content (AvgIpc) is 3.11. The van der Waals surface area contributed by atoms with Crippen LogP contribution in [0.5, 0.6) is 0 Å². The number of fused-ring (bicyclic) bond motifs is 1. The number of esters is 1. The second-order valence-corrected chi connectivity index (χ2v) is 10.5. The standard InChI is InChI=1S/C29H29F2N3O3/c1-17-23(13-12-21-11-10-20(15-33-21)24-9-4-3-6-19(24)14-32)25-18(2)37-27(36)28(25,16-29(17,30)31)26(35)34-22-7-5-8-22/h3-4,6,9-13,15,17-18,22-23,25H,5,7-8,16H2,1-2H3,(H,34,35)/b13-12+/t17-,18+,23-,25-,28+/m0/s1. The number of rotatable bonds is 5. The summed E-state index contributed by atoms with van der Waals surface area (Å²) in [6.07, 6.45) is 5.96. The topological polar surface area (TPSA) is 92.1 Å². The number of nitrogens with zero attached hydrogens (tertiary/aromatic N) is 2. The minimum atomic E-state index is -3.23. The van der Waals surface area contributed by atoms with Crippen LogP contribution in [-0.4, -0.2) is 34.9 Å². The summed E-state index contributed by atoms with van der Waals surface area (Å²) in [5, 5.41) is 12.2. The molecule has 3 fully saturated rings. The number of allylic oxidation sites excluding steroid dienone is 1. The van der Waals surface area contributed by atoms with Gasteiger partial charge in [-0.2, -0.15) is 5.26 Å². The maximum Gasteiger partial charge on any atom is 0.322 e. The van der Waals surface area contributed by atoms with Crippen molar-refractivity contribution in [2.24, 2.45) is 23.2 Å². The molecule has 0 spiro atoms. The molecule has 192 valence electrons. The Labute approximate surface area is 214 Å². The summed E-state index contributed by atoms with van der Waals surface area (Å²) in [6, 6.07) is 12.9. The highest BCUT2D eigenvalue weighted by molar-refractivity contribution is 6.05. The van der Waals surface area contributed by atoms with Crippen LogP contribution >= 0.6 is 0 Å². The lowest BCUT2D eigenvalue weighted by Crippen LogP contribution is -2.61. The molecule has 8 heteroatoms. The second-order valence-electron chi connectivity index (χ2n) is 10.5. The van der Waals surface area contributed by atoms with Gasteiger partial charge in [-0.15, -0.1) is 0 Å². The quantitative estimate of drug-likeness (QED) is 0.449. The third-order valence-corrected chi connectivity index (χ3v) is 8.38. The molecule has 5 rings (SSSR count). The van der Waals surface area contributed by atoms with E-state index in [0.29, 0.717) is 11.3 Å². The molecule has 0 radical (unpaired) electrons. The third-order valence-electron chi connectivity index (χ3n) is 8.38. The fourth-order valence-corrected chi connectivity index (χ4v) is 6.02. The van der Waals surface area contributed by atoms with Crippen LogP contribution in [0, 0.1) is 34.5 Å². The van der Waals surface area contributed by atoms with Crippen molar-refractivity contribution in [2.75, 3.05) is 0 Å². The van der Waals surface area contributed by atoms with Gasteiger partial charge in [0.2, 0.25) is 5.91 Å². The van der Waals surface area contributed by atoms with E-state index in [1.165, 1.54) is 6.92 Å². The highest BCUT2D eigenvalue weighted by atomic mass is 19.3. The van der Waals surface area contributed by atoms with Crippen molar-refractivity contribution in [2.45, 2.75) is 57.6 Å². The average molecular weight is 506 g/mol. The predicted octanol–water partition coefficient (Wildman–Crippen LogP) is 5.14. The van der Waals surface area contributed by atoms with Crippen molar-refractivity contribution < 1.29 is 23.1 Å². The molecule has 3 aliphatic rings. The van der Waals surface area contributed by atoms with Gasteiger partial charge in [-0.05, 0) is 50.3 Å². The van der Waals surface area contributed by atoms with Crippen molar-refractivity contribution in [1.82, 2.24) is 10.3 Å².